The van der Waals surface area contributed by atoms with Gasteiger partial charge in [0.1, 0.15) is 5.60 Å². The van der Waals surface area contributed by atoms with E-state index in [-0.39, 0.29) is 5.91 Å². The van der Waals surface area contributed by atoms with Gasteiger partial charge >= 0.3 is 6.09 Å². The predicted octanol–water partition coefficient (Wildman–Crippen LogP) is 5.54. The zero-order valence-corrected chi connectivity index (χ0v) is 16.1. The van der Waals surface area contributed by atoms with Crippen LogP contribution in [0.4, 0.5) is 10.5 Å². The summed E-state index contributed by atoms with van der Waals surface area (Å²) in [7, 11) is 0. The van der Waals surface area contributed by atoms with Crippen LogP contribution in [-0.2, 0) is 21.6 Å². The Kier molecular flexibility index (Phi) is 4.16. The fourth-order valence-corrected chi connectivity index (χ4v) is 4.68. The van der Waals surface area contributed by atoms with E-state index in [1.165, 1.54) is 5.56 Å². The predicted molar refractivity (Wildman–Crippen MR) is 104 cm³/mol. The van der Waals surface area contributed by atoms with E-state index < -0.39 is 11.7 Å². The first kappa shape index (κ1) is 17.3. The van der Waals surface area contributed by atoms with E-state index in [1.807, 2.05) is 12.1 Å². The molecule has 3 heterocycles. The van der Waals surface area contributed by atoms with Gasteiger partial charge in [-0.25, -0.2) is 9.69 Å². The van der Waals surface area contributed by atoms with Crippen LogP contribution in [0.15, 0.2) is 35.0 Å². The van der Waals surface area contributed by atoms with E-state index in [1.54, 1.807) is 31.3 Å². The Balaban J connectivity index is 1.68. The Hall–Kier alpha value is -2.11. The maximum Gasteiger partial charge on any atom is 0.422 e. The number of hydrogen-bond acceptors (Lipinski definition) is 4. The number of anilines is 1. The minimum absolute atomic E-state index is 0.334. The number of halogens is 1. The Morgan fingerprint density at radius 3 is 2.81 bits per heavy atom. The molecule has 6 heteroatoms. The summed E-state index contributed by atoms with van der Waals surface area (Å²) < 4.78 is 5.47. The molecule has 2 aliphatic heterocycles. The van der Waals surface area contributed by atoms with Crippen molar-refractivity contribution in [3.05, 3.63) is 56.7 Å². The first-order valence-electron chi connectivity index (χ1n) is 8.52. The molecule has 0 unspecified atom stereocenters. The summed E-state index contributed by atoms with van der Waals surface area (Å²) in [5, 5.41) is 4.70. The molecule has 1 aromatic heterocycles. The van der Waals surface area contributed by atoms with Crippen molar-refractivity contribution >= 4 is 46.2 Å². The maximum atomic E-state index is 12.9. The molecule has 0 saturated heterocycles. The van der Waals surface area contributed by atoms with Gasteiger partial charge in [0.25, 0.3) is 5.91 Å². The first-order chi connectivity index (χ1) is 12.4. The molecular weight excluding hydrogens is 370 g/mol. The second-order valence-electron chi connectivity index (χ2n) is 6.98. The van der Waals surface area contributed by atoms with Crippen molar-refractivity contribution in [3.63, 3.8) is 0 Å². The number of unbranched alkanes of at least 4 members (excludes halogenated alkanes) is 1. The number of allylic oxidation sites excluding steroid dienone is 1. The molecule has 4 nitrogen and oxygen atoms in total. The zero-order chi connectivity index (χ0) is 18.5. The highest BCUT2D eigenvalue weighted by atomic mass is 35.5. The SMILES string of the molecule is CC1(C)OC(=O)N2C(=O)C(=CCCCc3ccsc3)c3ccc(Cl)c1c32. The van der Waals surface area contributed by atoms with Gasteiger partial charge in [0.15, 0.2) is 0 Å². The molecular formula is C20H18ClNO3S. The van der Waals surface area contributed by atoms with Crippen LogP contribution in [0, 0.1) is 0 Å². The van der Waals surface area contributed by atoms with Crippen LogP contribution in [0.5, 0.6) is 0 Å². The number of nitrogens with zero attached hydrogens (tertiary/aromatic N) is 1. The zero-order valence-electron chi connectivity index (χ0n) is 14.5. The standard InChI is InChI=1S/C20H18ClNO3S/c1-20(2)16-15(21)8-7-13-14(6-4-3-5-12-9-10-26-11-12)18(23)22(17(13)16)19(24)25-20/h6-11H,3-5H2,1-2H3. The van der Waals surface area contributed by atoms with Gasteiger partial charge in [-0.15, -0.1) is 0 Å². The molecule has 4 rings (SSSR count). The van der Waals surface area contributed by atoms with Gasteiger partial charge < -0.3 is 4.74 Å². The van der Waals surface area contributed by atoms with E-state index in [0.29, 0.717) is 21.8 Å². The molecule has 0 saturated carbocycles. The Labute approximate surface area is 161 Å². The van der Waals surface area contributed by atoms with Crippen molar-refractivity contribution in [2.24, 2.45) is 0 Å². The molecule has 0 radical (unpaired) electrons. The van der Waals surface area contributed by atoms with Gasteiger partial charge in [-0.1, -0.05) is 23.7 Å². The number of amides is 2. The second-order valence-corrected chi connectivity index (χ2v) is 8.17. The largest absolute Gasteiger partial charge is 0.438 e. The highest BCUT2D eigenvalue weighted by Crippen LogP contribution is 2.50. The van der Waals surface area contributed by atoms with Crippen molar-refractivity contribution < 1.29 is 14.3 Å². The fraction of sp³-hybridized carbons (Fsp3) is 0.300. The highest BCUT2D eigenvalue weighted by Gasteiger charge is 2.49. The van der Waals surface area contributed by atoms with Crippen molar-refractivity contribution in [1.82, 2.24) is 0 Å². The van der Waals surface area contributed by atoms with Gasteiger partial charge in [-0.05, 0) is 61.6 Å². The van der Waals surface area contributed by atoms with Crippen LogP contribution in [0.2, 0.25) is 5.02 Å². The van der Waals surface area contributed by atoms with E-state index in [9.17, 15) is 9.59 Å². The third-order valence-corrected chi connectivity index (χ3v) is 5.85. The van der Waals surface area contributed by atoms with Crippen molar-refractivity contribution in [2.75, 3.05) is 4.90 Å². The summed E-state index contributed by atoms with van der Waals surface area (Å²) in [6, 6.07) is 5.70. The second kappa shape index (κ2) is 6.25. The van der Waals surface area contributed by atoms with Crippen LogP contribution in [-0.4, -0.2) is 12.0 Å². The smallest absolute Gasteiger partial charge is 0.422 e. The molecule has 134 valence electrons. The first-order valence-corrected chi connectivity index (χ1v) is 9.84. The van der Waals surface area contributed by atoms with Gasteiger partial charge in [0, 0.05) is 21.7 Å². The maximum absolute atomic E-state index is 12.9. The van der Waals surface area contributed by atoms with Crippen LogP contribution < -0.4 is 4.90 Å². The number of thiophene rings is 1. The minimum Gasteiger partial charge on any atom is -0.438 e. The third kappa shape index (κ3) is 2.66. The summed E-state index contributed by atoms with van der Waals surface area (Å²) in [5.41, 5.74) is 3.02. The molecule has 2 aliphatic rings. The molecule has 0 N–H and O–H groups in total. The van der Waals surface area contributed by atoms with E-state index >= 15 is 0 Å². The Morgan fingerprint density at radius 2 is 2.08 bits per heavy atom. The number of benzene rings is 1. The number of hydrogen-bond donors (Lipinski definition) is 0. The monoisotopic (exact) mass is 387 g/mol. The third-order valence-electron chi connectivity index (χ3n) is 4.80. The van der Waals surface area contributed by atoms with Crippen molar-refractivity contribution in [1.29, 1.82) is 0 Å². The molecule has 1 aromatic carbocycles. The molecule has 2 amide bonds. The van der Waals surface area contributed by atoms with E-state index in [2.05, 4.69) is 16.8 Å². The molecule has 2 aromatic rings. The average Bonchev–Trinajstić information content (AvgIpc) is 3.16. The Morgan fingerprint density at radius 1 is 1.27 bits per heavy atom. The average molecular weight is 388 g/mol. The Bertz CT molecular complexity index is 931. The van der Waals surface area contributed by atoms with Crippen molar-refractivity contribution in [3.8, 4) is 0 Å². The van der Waals surface area contributed by atoms with E-state index in [4.69, 9.17) is 16.3 Å². The van der Waals surface area contributed by atoms with Crippen LogP contribution in [0.1, 0.15) is 43.4 Å². The van der Waals surface area contributed by atoms with Gasteiger partial charge in [-0.3, -0.25) is 4.79 Å². The number of rotatable bonds is 4. The van der Waals surface area contributed by atoms with Crippen LogP contribution in [0.25, 0.3) is 5.57 Å². The van der Waals surface area contributed by atoms with Gasteiger partial charge in [-0.2, -0.15) is 11.3 Å². The summed E-state index contributed by atoms with van der Waals surface area (Å²) in [6.07, 6.45) is 3.97. The quantitative estimate of drug-likeness (QED) is 0.511. The number of ether oxygens (including phenoxy) is 1. The summed E-state index contributed by atoms with van der Waals surface area (Å²) in [4.78, 5) is 26.4. The summed E-state index contributed by atoms with van der Waals surface area (Å²) in [5.74, 6) is -0.334. The fourth-order valence-electron chi connectivity index (χ4n) is 3.60. The molecule has 0 spiro atoms. The molecule has 26 heavy (non-hydrogen) atoms. The topological polar surface area (TPSA) is 46.6 Å². The number of cyclic esters (lactones) is 1. The number of aryl methyl sites for hydroxylation is 1. The minimum atomic E-state index is -0.870. The van der Waals surface area contributed by atoms with Gasteiger partial charge in [0.2, 0.25) is 0 Å². The molecule has 0 fully saturated rings. The summed E-state index contributed by atoms with van der Waals surface area (Å²) in [6.45, 7) is 3.58. The van der Waals surface area contributed by atoms with Crippen molar-refractivity contribution in [2.45, 2.75) is 38.7 Å². The van der Waals surface area contributed by atoms with Gasteiger partial charge in [0.05, 0.1) is 5.69 Å². The summed E-state index contributed by atoms with van der Waals surface area (Å²) >= 11 is 8.06. The molecule has 0 atom stereocenters. The molecule has 0 bridgehead atoms. The lowest BCUT2D eigenvalue weighted by molar-refractivity contribution is -0.113. The van der Waals surface area contributed by atoms with E-state index in [0.717, 1.165) is 29.7 Å². The lowest BCUT2D eigenvalue weighted by Gasteiger charge is -2.36. The number of imide groups is 1. The molecule has 0 aliphatic carbocycles. The van der Waals surface area contributed by atoms with Crippen LogP contribution in [0.3, 0.4) is 0 Å². The normalized spacial score (nSPS) is 19.0. The van der Waals surface area contributed by atoms with Crippen LogP contribution >= 0.6 is 22.9 Å². The lowest BCUT2D eigenvalue weighted by Crippen LogP contribution is -2.44. The highest BCUT2D eigenvalue weighted by molar-refractivity contribution is 7.07. The number of carbonyl (C=O) groups excluding carboxylic acids is 2. The lowest BCUT2D eigenvalue weighted by atomic mass is 9.91. The number of carbonyl (C=O) groups is 2.